The maximum absolute atomic E-state index is 5.33. The summed E-state index contributed by atoms with van der Waals surface area (Å²) in [4.78, 5) is 2.40. The average Bonchev–Trinajstić information content (AvgIpc) is 2.31. The molecule has 0 aromatic carbocycles. The summed E-state index contributed by atoms with van der Waals surface area (Å²) in [7, 11) is 2.20. The van der Waals surface area contributed by atoms with Crippen molar-refractivity contribution in [2.24, 2.45) is 11.8 Å². The lowest BCUT2D eigenvalue weighted by atomic mass is 9.81. The van der Waals surface area contributed by atoms with Crippen LogP contribution in [0.3, 0.4) is 0 Å². The number of rotatable bonds is 1. The Bertz CT molecular complexity index is 126. The van der Waals surface area contributed by atoms with Gasteiger partial charge in [0.15, 0.2) is 0 Å². The average molecular weight is 215 g/mol. The van der Waals surface area contributed by atoms with Crippen molar-refractivity contribution in [3.8, 4) is 0 Å². The van der Waals surface area contributed by atoms with Gasteiger partial charge in [0.25, 0.3) is 0 Å². The summed E-state index contributed by atoms with van der Waals surface area (Å²) in [5.74, 6) is 1.96. The first-order valence-electron chi connectivity index (χ1n) is 6.62. The third-order valence-corrected chi connectivity index (χ3v) is 3.02. The van der Waals surface area contributed by atoms with Gasteiger partial charge in [-0.05, 0) is 31.7 Å². The van der Waals surface area contributed by atoms with Crippen LogP contribution in [-0.2, 0) is 4.74 Å². The molecule has 0 spiro atoms. The van der Waals surface area contributed by atoms with E-state index in [0.29, 0.717) is 0 Å². The number of nitrogens with zero attached hydrogens (tertiary/aromatic N) is 1. The van der Waals surface area contributed by atoms with Crippen LogP contribution in [0.25, 0.3) is 0 Å². The van der Waals surface area contributed by atoms with Crippen LogP contribution in [-0.4, -0.2) is 38.3 Å². The van der Waals surface area contributed by atoms with E-state index < -0.39 is 0 Å². The summed E-state index contributed by atoms with van der Waals surface area (Å²) in [6.45, 7) is 12.7. The van der Waals surface area contributed by atoms with Crippen LogP contribution in [0.5, 0.6) is 0 Å². The fraction of sp³-hybridized carbons (Fsp3) is 1.00. The Balaban J connectivity index is 0.000000442. The quantitative estimate of drug-likeness (QED) is 0.666. The Labute approximate surface area is 96.0 Å². The Hall–Kier alpha value is -0.0800. The van der Waals surface area contributed by atoms with E-state index >= 15 is 0 Å². The molecule has 0 amide bonds. The molecular weight excluding hydrogens is 186 g/mol. The zero-order valence-corrected chi connectivity index (χ0v) is 11.3. The van der Waals surface area contributed by atoms with E-state index in [9.17, 15) is 0 Å². The minimum absolute atomic E-state index is 0.972. The molecular formula is C13H29NO. The molecule has 0 saturated carbocycles. The highest BCUT2D eigenvalue weighted by Crippen LogP contribution is 2.29. The number of likely N-dealkylation sites (tertiary alicyclic amines) is 1. The first-order chi connectivity index (χ1) is 7.36. The van der Waals surface area contributed by atoms with Gasteiger partial charge in [-0.15, -0.1) is 0 Å². The van der Waals surface area contributed by atoms with E-state index in [1.54, 1.807) is 0 Å². The van der Waals surface area contributed by atoms with Gasteiger partial charge in [0.05, 0.1) is 0 Å². The molecule has 0 aromatic rings. The second kappa shape index (κ2) is 9.17. The molecule has 2 rings (SSSR count). The lowest BCUT2D eigenvalue weighted by molar-refractivity contribution is 0.00238. The van der Waals surface area contributed by atoms with E-state index in [1.807, 2.05) is 27.7 Å². The Morgan fingerprint density at radius 3 is 1.73 bits per heavy atom. The molecule has 2 fully saturated rings. The van der Waals surface area contributed by atoms with Crippen LogP contribution < -0.4 is 0 Å². The molecule has 2 heteroatoms. The molecule has 0 radical (unpaired) electrons. The second-order valence-electron chi connectivity index (χ2n) is 3.93. The van der Waals surface area contributed by atoms with Gasteiger partial charge in [-0.25, -0.2) is 0 Å². The number of hydrogen-bond acceptors (Lipinski definition) is 2. The van der Waals surface area contributed by atoms with E-state index in [4.69, 9.17) is 4.74 Å². The van der Waals surface area contributed by atoms with E-state index in [0.717, 1.165) is 25.0 Å². The third kappa shape index (κ3) is 4.98. The summed E-state index contributed by atoms with van der Waals surface area (Å²) in [5.41, 5.74) is 0. The van der Waals surface area contributed by atoms with Gasteiger partial charge in [0, 0.05) is 26.3 Å². The fourth-order valence-electron chi connectivity index (χ4n) is 2.23. The van der Waals surface area contributed by atoms with E-state index in [2.05, 4.69) is 11.9 Å². The zero-order chi connectivity index (χ0) is 11.7. The molecule has 2 saturated heterocycles. The molecule has 92 valence electrons. The normalized spacial score (nSPS) is 23.0. The van der Waals surface area contributed by atoms with Crippen molar-refractivity contribution in [3.05, 3.63) is 0 Å². The summed E-state index contributed by atoms with van der Waals surface area (Å²) < 4.78 is 5.33. The molecule has 0 N–H and O–H groups in total. The SMILES string of the molecule is CC.CC.CN1CC(C2CCOCC2)C1. The van der Waals surface area contributed by atoms with Gasteiger partial charge in [0.2, 0.25) is 0 Å². The maximum Gasteiger partial charge on any atom is 0.0468 e. The van der Waals surface area contributed by atoms with Crippen molar-refractivity contribution >= 4 is 0 Å². The molecule has 0 bridgehead atoms. The lowest BCUT2D eigenvalue weighted by Gasteiger charge is -2.42. The van der Waals surface area contributed by atoms with E-state index in [-0.39, 0.29) is 0 Å². The van der Waals surface area contributed by atoms with Crippen LogP contribution in [0.1, 0.15) is 40.5 Å². The van der Waals surface area contributed by atoms with Crippen molar-refractivity contribution in [3.63, 3.8) is 0 Å². The standard InChI is InChI=1S/C9H17NO.2C2H6/c1-10-6-9(7-10)8-2-4-11-5-3-8;2*1-2/h8-9H,2-7H2,1H3;2*1-2H3. The van der Waals surface area contributed by atoms with Crippen molar-refractivity contribution in [1.29, 1.82) is 0 Å². The van der Waals surface area contributed by atoms with Gasteiger partial charge in [-0.1, -0.05) is 27.7 Å². The van der Waals surface area contributed by atoms with Crippen molar-refractivity contribution in [2.75, 3.05) is 33.4 Å². The Kier molecular flexibility index (Phi) is 9.12. The topological polar surface area (TPSA) is 12.5 Å². The molecule has 0 unspecified atom stereocenters. The summed E-state index contributed by atoms with van der Waals surface area (Å²) in [5, 5.41) is 0. The minimum atomic E-state index is 0.972. The molecule has 2 aliphatic rings. The summed E-state index contributed by atoms with van der Waals surface area (Å²) in [6, 6.07) is 0. The Morgan fingerprint density at radius 1 is 0.867 bits per heavy atom. The van der Waals surface area contributed by atoms with Crippen LogP contribution in [0.15, 0.2) is 0 Å². The molecule has 0 aliphatic carbocycles. The van der Waals surface area contributed by atoms with E-state index in [1.165, 1.54) is 25.9 Å². The molecule has 0 atom stereocenters. The van der Waals surface area contributed by atoms with Crippen molar-refractivity contribution in [1.82, 2.24) is 4.90 Å². The monoisotopic (exact) mass is 215 g/mol. The Morgan fingerprint density at radius 2 is 1.33 bits per heavy atom. The highest BCUT2D eigenvalue weighted by atomic mass is 16.5. The summed E-state index contributed by atoms with van der Waals surface area (Å²) >= 11 is 0. The first kappa shape index (κ1) is 14.9. The zero-order valence-electron chi connectivity index (χ0n) is 11.3. The van der Waals surface area contributed by atoms with Crippen LogP contribution >= 0.6 is 0 Å². The minimum Gasteiger partial charge on any atom is -0.381 e. The largest absolute Gasteiger partial charge is 0.381 e. The predicted molar refractivity (Wildman–Crippen MR) is 67.2 cm³/mol. The maximum atomic E-state index is 5.33. The number of ether oxygens (including phenoxy) is 1. The lowest BCUT2D eigenvalue weighted by Crippen LogP contribution is -2.48. The predicted octanol–water partition coefficient (Wildman–Crippen LogP) is 3.03. The molecule has 2 aliphatic heterocycles. The van der Waals surface area contributed by atoms with Crippen LogP contribution in [0, 0.1) is 11.8 Å². The molecule has 15 heavy (non-hydrogen) atoms. The van der Waals surface area contributed by atoms with Crippen LogP contribution in [0.2, 0.25) is 0 Å². The van der Waals surface area contributed by atoms with Gasteiger partial charge >= 0.3 is 0 Å². The van der Waals surface area contributed by atoms with Gasteiger partial charge in [-0.2, -0.15) is 0 Å². The second-order valence-corrected chi connectivity index (χ2v) is 3.93. The van der Waals surface area contributed by atoms with Gasteiger partial charge < -0.3 is 9.64 Å². The van der Waals surface area contributed by atoms with Gasteiger partial charge in [-0.3, -0.25) is 0 Å². The number of hydrogen-bond donors (Lipinski definition) is 0. The fourth-order valence-corrected chi connectivity index (χ4v) is 2.23. The first-order valence-corrected chi connectivity index (χ1v) is 6.62. The summed E-state index contributed by atoms with van der Waals surface area (Å²) in [6.07, 6.45) is 2.61. The van der Waals surface area contributed by atoms with Crippen molar-refractivity contribution in [2.45, 2.75) is 40.5 Å². The molecule has 2 nitrogen and oxygen atoms in total. The molecule has 0 aromatic heterocycles. The highest BCUT2D eigenvalue weighted by Gasteiger charge is 2.31. The van der Waals surface area contributed by atoms with Gasteiger partial charge in [0.1, 0.15) is 0 Å². The third-order valence-electron chi connectivity index (χ3n) is 3.02. The molecule has 2 heterocycles. The smallest absolute Gasteiger partial charge is 0.0468 e. The van der Waals surface area contributed by atoms with Crippen LogP contribution in [0.4, 0.5) is 0 Å². The highest BCUT2D eigenvalue weighted by molar-refractivity contribution is 4.83. The van der Waals surface area contributed by atoms with Crippen molar-refractivity contribution < 1.29 is 4.74 Å².